The molecule has 2 aromatic heterocycles. The molecule has 1 N–H and O–H groups in total. The second-order valence-corrected chi connectivity index (χ2v) is 7.21. The molecule has 0 bridgehead atoms. The van der Waals surface area contributed by atoms with Crippen molar-refractivity contribution in [3.8, 4) is 16.9 Å². The molecule has 0 radical (unpaired) electrons. The van der Waals surface area contributed by atoms with Crippen molar-refractivity contribution in [3.63, 3.8) is 0 Å². The number of hydrogen-bond acceptors (Lipinski definition) is 3. The number of piperazine rings is 1. The van der Waals surface area contributed by atoms with Gasteiger partial charge < -0.3 is 9.80 Å². The highest BCUT2D eigenvalue weighted by molar-refractivity contribution is 6.00. The van der Waals surface area contributed by atoms with Crippen molar-refractivity contribution in [3.05, 3.63) is 66.6 Å². The maximum atomic E-state index is 13.3. The molecular weight excluding hydrogens is 350 g/mol. The van der Waals surface area contributed by atoms with Gasteiger partial charge in [0, 0.05) is 24.2 Å². The van der Waals surface area contributed by atoms with Gasteiger partial charge in [-0.25, -0.2) is 4.68 Å². The molecular formula is C22H26N5O+. The molecule has 1 saturated heterocycles. The summed E-state index contributed by atoms with van der Waals surface area (Å²) in [6.07, 6.45) is 6.52. The van der Waals surface area contributed by atoms with Crippen LogP contribution in [0.1, 0.15) is 23.7 Å². The van der Waals surface area contributed by atoms with E-state index in [4.69, 9.17) is 5.10 Å². The molecule has 0 atom stereocenters. The zero-order valence-electron chi connectivity index (χ0n) is 16.2. The highest BCUT2D eigenvalue weighted by Crippen LogP contribution is 2.24. The number of aromatic nitrogens is 3. The molecule has 1 amide bonds. The molecule has 0 unspecified atom stereocenters. The SMILES string of the molecule is CCC[NH+]1CCN(C(=O)c2cn(-c3ccccc3)nc2-c2cccnc2)CC1. The first-order valence-corrected chi connectivity index (χ1v) is 9.94. The molecule has 0 aliphatic carbocycles. The van der Waals surface area contributed by atoms with E-state index in [0.717, 1.165) is 37.4 Å². The van der Waals surface area contributed by atoms with Crippen LogP contribution in [0, 0.1) is 0 Å². The summed E-state index contributed by atoms with van der Waals surface area (Å²) in [5.41, 5.74) is 3.11. The van der Waals surface area contributed by atoms with Crippen molar-refractivity contribution in [2.75, 3.05) is 32.7 Å². The number of amides is 1. The summed E-state index contributed by atoms with van der Waals surface area (Å²) in [6, 6.07) is 13.7. The first-order valence-electron chi connectivity index (χ1n) is 9.94. The van der Waals surface area contributed by atoms with Gasteiger partial charge >= 0.3 is 0 Å². The molecule has 1 fully saturated rings. The fourth-order valence-corrected chi connectivity index (χ4v) is 3.76. The van der Waals surface area contributed by atoms with Crippen LogP contribution in [0.2, 0.25) is 0 Å². The van der Waals surface area contributed by atoms with E-state index in [9.17, 15) is 4.79 Å². The fraction of sp³-hybridized carbons (Fsp3) is 0.318. The Morgan fingerprint density at radius 2 is 1.89 bits per heavy atom. The molecule has 6 nitrogen and oxygen atoms in total. The van der Waals surface area contributed by atoms with Crippen LogP contribution in [0.4, 0.5) is 0 Å². The first kappa shape index (κ1) is 18.4. The number of rotatable bonds is 5. The van der Waals surface area contributed by atoms with Gasteiger partial charge in [-0.3, -0.25) is 9.78 Å². The standard InChI is InChI=1S/C22H25N5O/c1-2-11-25-12-14-26(15-13-25)22(28)20-17-27(19-8-4-3-5-9-19)24-21(20)18-7-6-10-23-16-18/h3-10,16-17H,2,11-15H2,1H3/p+1. The van der Waals surface area contributed by atoms with E-state index >= 15 is 0 Å². The highest BCUT2D eigenvalue weighted by atomic mass is 16.2. The van der Waals surface area contributed by atoms with Crippen LogP contribution < -0.4 is 4.90 Å². The normalized spacial score (nSPS) is 15.0. The van der Waals surface area contributed by atoms with E-state index in [-0.39, 0.29) is 5.91 Å². The van der Waals surface area contributed by atoms with Gasteiger partial charge in [0.1, 0.15) is 5.69 Å². The minimum absolute atomic E-state index is 0.0524. The predicted molar refractivity (Wildman–Crippen MR) is 109 cm³/mol. The van der Waals surface area contributed by atoms with Crippen molar-refractivity contribution in [1.82, 2.24) is 19.7 Å². The van der Waals surface area contributed by atoms with Crippen LogP contribution >= 0.6 is 0 Å². The van der Waals surface area contributed by atoms with E-state index in [2.05, 4.69) is 11.9 Å². The quantitative estimate of drug-likeness (QED) is 0.737. The zero-order valence-corrected chi connectivity index (χ0v) is 16.2. The van der Waals surface area contributed by atoms with Crippen molar-refractivity contribution in [1.29, 1.82) is 0 Å². The number of nitrogens with one attached hydrogen (secondary N) is 1. The van der Waals surface area contributed by atoms with E-state index in [1.165, 1.54) is 13.0 Å². The third kappa shape index (κ3) is 3.82. The topological polar surface area (TPSA) is 55.5 Å². The van der Waals surface area contributed by atoms with Gasteiger partial charge in [-0.05, 0) is 30.7 Å². The number of benzene rings is 1. The lowest BCUT2D eigenvalue weighted by molar-refractivity contribution is -0.904. The smallest absolute Gasteiger partial charge is 0.258 e. The number of quaternary nitrogens is 1. The average Bonchev–Trinajstić information content (AvgIpc) is 3.21. The van der Waals surface area contributed by atoms with Gasteiger partial charge in [-0.2, -0.15) is 5.10 Å². The molecule has 1 aliphatic rings. The Morgan fingerprint density at radius 1 is 1.11 bits per heavy atom. The van der Waals surface area contributed by atoms with Gasteiger partial charge in [0.25, 0.3) is 5.91 Å². The molecule has 6 heteroatoms. The van der Waals surface area contributed by atoms with Crippen molar-refractivity contribution in [2.45, 2.75) is 13.3 Å². The van der Waals surface area contributed by atoms with Gasteiger partial charge in [0.05, 0.1) is 44.0 Å². The molecule has 144 valence electrons. The summed E-state index contributed by atoms with van der Waals surface area (Å²) in [5.74, 6) is 0.0524. The zero-order chi connectivity index (χ0) is 19.3. The van der Waals surface area contributed by atoms with E-state index in [1.54, 1.807) is 22.0 Å². The van der Waals surface area contributed by atoms with Crippen LogP contribution in [-0.4, -0.2) is 58.3 Å². The fourth-order valence-electron chi connectivity index (χ4n) is 3.76. The average molecular weight is 376 g/mol. The Bertz CT molecular complexity index is 915. The van der Waals surface area contributed by atoms with Crippen LogP contribution in [0.25, 0.3) is 16.9 Å². The Morgan fingerprint density at radius 3 is 2.57 bits per heavy atom. The van der Waals surface area contributed by atoms with E-state index in [1.807, 2.05) is 53.6 Å². The summed E-state index contributed by atoms with van der Waals surface area (Å²) in [4.78, 5) is 21.1. The Labute approximate surface area is 165 Å². The summed E-state index contributed by atoms with van der Waals surface area (Å²) < 4.78 is 1.79. The third-order valence-corrected chi connectivity index (χ3v) is 5.26. The van der Waals surface area contributed by atoms with Gasteiger partial charge in [-0.15, -0.1) is 0 Å². The summed E-state index contributed by atoms with van der Waals surface area (Å²) in [6.45, 7) is 6.98. The third-order valence-electron chi connectivity index (χ3n) is 5.26. The Hall–Kier alpha value is -2.99. The molecule has 4 rings (SSSR count). The summed E-state index contributed by atoms with van der Waals surface area (Å²) >= 11 is 0. The number of carbonyl (C=O) groups excluding carboxylic acids is 1. The van der Waals surface area contributed by atoms with Crippen molar-refractivity contribution in [2.24, 2.45) is 0 Å². The molecule has 3 heterocycles. The van der Waals surface area contributed by atoms with Gasteiger partial charge in [-0.1, -0.05) is 25.1 Å². The predicted octanol–water partition coefficient (Wildman–Crippen LogP) is 1.68. The highest BCUT2D eigenvalue weighted by Gasteiger charge is 2.28. The van der Waals surface area contributed by atoms with E-state index < -0.39 is 0 Å². The Balaban J connectivity index is 1.65. The minimum atomic E-state index is 0.0524. The molecule has 28 heavy (non-hydrogen) atoms. The summed E-state index contributed by atoms with van der Waals surface area (Å²) in [7, 11) is 0. The van der Waals surface area contributed by atoms with Crippen molar-refractivity contribution < 1.29 is 9.69 Å². The largest absolute Gasteiger partial charge is 0.332 e. The molecule has 0 saturated carbocycles. The van der Waals surface area contributed by atoms with Crippen molar-refractivity contribution >= 4 is 5.91 Å². The maximum Gasteiger partial charge on any atom is 0.258 e. The molecule has 1 aliphatic heterocycles. The molecule has 1 aromatic carbocycles. The Kier molecular flexibility index (Phi) is 5.48. The van der Waals surface area contributed by atoms with Crippen LogP contribution in [-0.2, 0) is 0 Å². The monoisotopic (exact) mass is 376 g/mol. The van der Waals surface area contributed by atoms with Crippen LogP contribution in [0.15, 0.2) is 61.1 Å². The number of para-hydroxylation sites is 1. The first-order chi connectivity index (χ1) is 13.8. The van der Waals surface area contributed by atoms with Gasteiger partial charge in [0.2, 0.25) is 0 Å². The second-order valence-electron chi connectivity index (χ2n) is 7.21. The number of nitrogens with zero attached hydrogens (tertiary/aromatic N) is 4. The molecule has 3 aromatic rings. The second kappa shape index (κ2) is 8.35. The van der Waals surface area contributed by atoms with Crippen LogP contribution in [0.5, 0.6) is 0 Å². The van der Waals surface area contributed by atoms with E-state index in [0.29, 0.717) is 11.3 Å². The lowest BCUT2D eigenvalue weighted by Gasteiger charge is -2.32. The summed E-state index contributed by atoms with van der Waals surface area (Å²) in [5, 5.41) is 4.73. The lowest BCUT2D eigenvalue weighted by Crippen LogP contribution is -3.14. The lowest BCUT2D eigenvalue weighted by atomic mass is 10.1. The van der Waals surface area contributed by atoms with Gasteiger partial charge in [0.15, 0.2) is 0 Å². The number of hydrogen-bond donors (Lipinski definition) is 1. The number of pyridine rings is 1. The number of carbonyl (C=O) groups is 1. The maximum absolute atomic E-state index is 13.3. The van der Waals surface area contributed by atoms with Crippen LogP contribution in [0.3, 0.4) is 0 Å². The minimum Gasteiger partial charge on any atom is -0.332 e. The molecule has 0 spiro atoms.